The molecule has 9 aromatic carbocycles. The van der Waals surface area contributed by atoms with E-state index in [1.807, 2.05) is 140 Å². The molecular weight excluding hydrogens is 1820 g/mol. The van der Waals surface area contributed by atoms with Gasteiger partial charge in [-0.25, -0.2) is 4.85 Å². The Labute approximate surface area is 781 Å². The lowest BCUT2D eigenvalue weighted by atomic mass is 10.0. The standard InChI is InChI=1S/C17H22N2O.C17H18N2.C10H6F3N.C9H11ClIN.C9H10ClN.C9H6ClN.C9H6F3N.C9H6N2.C7H7N3.C2H2O2.4CH4/c18-17-9-8-15(14-16(17)7-5-13-20)6-4-12-19-10-2-1-3-11-19;1-2-11-19(12-3-1)13-5-6-15-8-9-17-16(14-15)7-4-10-18-17;11-10(12,13)8-3-4-9-7(6-8)2-1-5-14-9;10-8-3-4-9(11)7(6-8)2-1-5-12;2*10-8-3-4-9-7(6-8)2-1-5-11-9;10-9(11,12)7-1-2-8-6(5-7)3-4-13-8;1-10-8-2-3-9-7(6-8)4-5-11-9;8-5-6-1-3-7(10-9)4-2-6;3-1-2-4;;;;/h5,7-9,14,20H,1-3,10-13,18H2;4,7-10,14H,1-3,11-13H2;1-6H;3-4,6H,1-2,5,12H2;3-4,6,11H,1-2,5H2;1-6H;1-5,13H;2-6,11H;1-4,10H,9H2;1-2H;4*1H4/b7-5-;;;;;;;;;;;;;. The Morgan fingerprint density at radius 1 is 0.558 bits per heavy atom. The lowest BCUT2D eigenvalue weighted by molar-refractivity contribution is -0.138. The average molecular weight is 1930 g/mol. The fourth-order valence-electron chi connectivity index (χ4n) is 12.6. The van der Waals surface area contributed by atoms with E-state index in [0.29, 0.717) is 38.7 Å². The highest BCUT2D eigenvalue weighted by Gasteiger charge is 2.31. The number of nitrogens with zero attached hydrogens (tertiary/aromatic N) is 7. The first kappa shape index (κ1) is 109. The van der Waals surface area contributed by atoms with Gasteiger partial charge < -0.3 is 37.3 Å². The second-order valence-corrected chi connectivity index (χ2v) is 30.5. The molecular formula is C102H110Cl3F6IN14O3. The molecule has 0 unspecified atom stereocenters. The summed E-state index contributed by atoms with van der Waals surface area (Å²) in [6.07, 6.45) is 16.4. The number of aromatic nitrogens is 5. The number of anilines is 3. The van der Waals surface area contributed by atoms with Gasteiger partial charge in [-0.1, -0.05) is 137 Å². The molecule has 0 atom stereocenters. The molecule has 27 heteroatoms. The number of halogens is 10. The maximum Gasteiger partial charge on any atom is 0.416 e. The van der Waals surface area contributed by atoms with E-state index in [4.69, 9.17) is 78.6 Å². The first-order valence-electron chi connectivity index (χ1n) is 40.0. The average Bonchev–Trinajstić information content (AvgIpc) is 1.81. The number of rotatable bonds is 9. The largest absolute Gasteiger partial charge is 0.416 e. The lowest BCUT2D eigenvalue weighted by Gasteiger charge is -2.23. The summed E-state index contributed by atoms with van der Waals surface area (Å²) in [5.74, 6) is 18.1. The van der Waals surface area contributed by atoms with Crippen molar-refractivity contribution in [2.45, 2.75) is 106 Å². The number of hydrogen-bond donors (Lipinski definition) is 8. The fraction of sp³-hybridized carbons (Fsp3) is 0.245. The molecule has 0 radical (unpaired) electrons. The zero-order valence-electron chi connectivity index (χ0n) is 68.3. The van der Waals surface area contributed by atoms with E-state index < -0.39 is 23.5 Å². The van der Waals surface area contributed by atoms with Gasteiger partial charge in [-0.05, 0) is 328 Å². The van der Waals surface area contributed by atoms with Gasteiger partial charge in [0.25, 0.3) is 0 Å². The SMILES string of the molecule is C.C.C.C.C(#Cc1ccc2ncccc2c1)CN1CCCCC1.Clc1ccc2c(c1)CCCN2.Clc1ccc2ncccc2c1.FC(F)(F)c1ccc2[nH]ccc2c1.FC(F)(F)c1ccc2ncccc2c1.N#Cc1ccc(NN)cc1.NCCCc1cc(Cl)ccc1I.Nc1ccc(C#CCN2CCCCC2)cc1/C=C\CO.O=CC=O.[C-]#[N+]c1ccc2[nH]ccc2c1. The van der Waals surface area contributed by atoms with Gasteiger partial charge in [-0.2, -0.15) is 31.6 Å². The van der Waals surface area contributed by atoms with Gasteiger partial charge in [0.1, 0.15) is 0 Å². The molecule has 11 N–H and O–H groups in total. The van der Waals surface area contributed by atoms with Crippen molar-refractivity contribution in [2.24, 2.45) is 11.6 Å². The molecule has 2 saturated heterocycles. The second-order valence-electron chi connectivity index (χ2n) is 28.1. The Kier molecular flexibility index (Phi) is 50.0. The second kappa shape index (κ2) is 59.1. The van der Waals surface area contributed by atoms with Crippen molar-refractivity contribution in [3.05, 3.63) is 330 Å². The minimum Gasteiger partial charge on any atom is -0.398 e. The highest BCUT2D eigenvalue weighted by molar-refractivity contribution is 14.1. The maximum absolute atomic E-state index is 12.3. The van der Waals surface area contributed by atoms with Gasteiger partial charge in [0.2, 0.25) is 0 Å². The molecule has 3 aliphatic heterocycles. The summed E-state index contributed by atoms with van der Waals surface area (Å²) >= 11 is 19.8. The monoisotopic (exact) mass is 1920 g/mol. The Balaban J connectivity index is 0.000000304. The first-order valence-corrected chi connectivity index (χ1v) is 42.2. The van der Waals surface area contributed by atoms with Crippen LogP contribution in [0.2, 0.25) is 15.1 Å². The summed E-state index contributed by atoms with van der Waals surface area (Å²) in [5, 5.41) is 27.4. The number of carbonyl (C=O) groups is 2. The summed E-state index contributed by atoms with van der Waals surface area (Å²) in [5.41, 5.74) is 26.6. The smallest absolute Gasteiger partial charge is 0.398 e. The lowest BCUT2D eigenvalue weighted by Crippen LogP contribution is -2.29. The van der Waals surface area contributed by atoms with Crippen molar-refractivity contribution in [3.8, 4) is 29.8 Å². The van der Waals surface area contributed by atoms with Crippen molar-refractivity contribution in [3.63, 3.8) is 0 Å². The van der Waals surface area contributed by atoms with Crippen LogP contribution in [0.3, 0.4) is 0 Å². The molecule has 129 heavy (non-hydrogen) atoms. The predicted molar refractivity (Wildman–Crippen MR) is 532 cm³/mol. The van der Waals surface area contributed by atoms with E-state index in [9.17, 15) is 26.3 Å². The predicted octanol–water partition coefficient (Wildman–Crippen LogP) is 25.5. The molecule has 0 amide bonds. The third-order valence-corrected chi connectivity index (χ3v) is 20.8. The zero-order valence-corrected chi connectivity index (χ0v) is 72.7. The number of H-pyrrole nitrogens is 2. The van der Waals surface area contributed by atoms with Crippen LogP contribution >= 0.6 is 57.4 Å². The Hall–Kier alpha value is -12.2. The van der Waals surface area contributed by atoms with E-state index in [2.05, 4.69) is 121 Å². The van der Waals surface area contributed by atoms with Gasteiger partial charge in [0.15, 0.2) is 18.3 Å². The number of aryl methyl sites for hydroxylation is 2. The van der Waals surface area contributed by atoms with E-state index in [1.165, 1.54) is 104 Å². The molecule has 0 saturated carbocycles. The van der Waals surface area contributed by atoms with Crippen LogP contribution in [0, 0.1) is 45.2 Å². The number of hydrazine groups is 1. The minimum atomic E-state index is -4.29. The Bertz CT molecular complexity index is 6000. The number of fused-ring (bicyclic) bond motifs is 6. The maximum atomic E-state index is 12.3. The van der Waals surface area contributed by atoms with Crippen LogP contribution in [0.1, 0.15) is 126 Å². The number of nitrogen functional groups attached to an aromatic ring is 2. The number of likely N-dealkylation sites (tertiary alicyclic amines) is 2. The third-order valence-electron chi connectivity index (χ3n) is 19.0. The van der Waals surface area contributed by atoms with Gasteiger partial charge in [-0.15, -0.1) is 0 Å². The summed E-state index contributed by atoms with van der Waals surface area (Å²) in [7, 11) is 0. The van der Waals surface area contributed by atoms with Crippen molar-refractivity contribution >= 4 is 153 Å². The van der Waals surface area contributed by atoms with E-state index in [0.717, 1.165) is 140 Å². The topological polar surface area (TPSA) is 261 Å². The molecule has 8 heterocycles. The normalized spacial score (nSPS) is 12.1. The van der Waals surface area contributed by atoms with Crippen LogP contribution < -0.4 is 28.1 Å². The number of aldehydes is 2. The number of nitrogens with one attached hydrogen (secondary N) is 4. The van der Waals surface area contributed by atoms with Crippen molar-refractivity contribution in [2.75, 3.05) is 75.4 Å². The first-order chi connectivity index (χ1) is 60.5. The molecule has 0 bridgehead atoms. The fourth-order valence-corrected chi connectivity index (χ4v) is 13.8. The van der Waals surface area contributed by atoms with Crippen molar-refractivity contribution in [1.82, 2.24) is 34.7 Å². The van der Waals surface area contributed by atoms with E-state index in [-0.39, 0.29) is 48.9 Å². The molecule has 0 spiro atoms. The van der Waals surface area contributed by atoms with Gasteiger partial charge in [-0.3, -0.25) is 40.2 Å². The molecule has 17 rings (SSSR count). The number of nitrogens with two attached hydrogens (primary N) is 3. The number of piperidine rings is 2. The summed E-state index contributed by atoms with van der Waals surface area (Å²) in [6.45, 7) is 15.1. The summed E-state index contributed by atoms with van der Waals surface area (Å²) < 4.78 is 74.8. The van der Waals surface area contributed by atoms with Gasteiger partial charge >= 0.3 is 12.4 Å². The number of aliphatic hydroxyl groups excluding tert-OH is 1. The van der Waals surface area contributed by atoms with Crippen LogP contribution in [-0.4, -0.2) is 111 Å². The molecule has 2 fully saturated rings. The third kappa shape index (κ3) is 38.8. The quantitative estimate of drug-likeness (QED) is 0.00769. The molecule has 3 aliphatic rings. The van der Waals surface area contributed by atoms with Gasteiger partial charge in [0.05, 0.1) is 65.6 Å². The number of benzene rings is 9. The number of hydrogen-bond acceptors (Lipinski definition) is 14. The van der Waals surface area contributed by atoms with Crippen molar-refractivity contribution in [1.29, 1.82) is 5.26 Å². The molecule has 5 aromatic heterocycles. The summed E-state index contributed by atoms with van der Waals surface area (Å²) in [6, 6.07) is 66.0. The Morgan fingerprint density at radius 2 is 1.04 bits per heavy atom. The number of aliphatic hydroxyl groups is 1. The van der Waals surface area contributed by atoms with Crippen LogP contribution in [0.15, 0.2) is 255 Å². The molecule has 676 valence electrons. The van der Waals surface area contributed by atoms with Gasteiger partial charge in [0, 0.05) is 112 Å². The highest BCUT2D eigenvalue weighted by atomic mass is 127. The molecule has 0 aliphatic carbocycles. The van der Waals surface area contributed by atoms with E-state index in [1.54, 1.807) is 67.1 Å². The van der Waals surface area contributed by atoms with Crippen LogP contribution in [0.5, 0.6) is 0 Å². The Morgan fingerprint density at radius 3 is 1.58 bits per heavy atom. The minimum absolute atomic E-state index is 0. The number of nitriles is 1. The van der Waals surface area contributed by atoms with Crippen LogP contribution in [0.4, 0.5) is 49.1 Å². The van der Waals surface area contributed by atoms with Crippen LogP contribution in [0.25, 0.3) is 65.4 Å². The molecule has 14 aromatic rings. The van der Waals surface area contributed by atoms with E-state index >= 15 is 0 Å². The number of aromatic amines is 2. The van der Waals surface area contributed by atoms with Crippen LogP contribution in [-0.2, 0) is 34.8 Å². The number of pyridine rings is 3. The highest BCUT2D eigenvalue weighted by Crippen LogP contribution is 2.33. The molecule has 17 nitrogen and oxygen atoms in total. The zero-order chi connectivity index (χ0) is 89.6. The van der Waals surface area contributed by atoms with Crippen molar-refractivity contribution < 1.29 is 41.0 Å². The number of alkyl halides is 6. The number of carbonyl (C=O) groups excluding carboxylic acids is 2. The summed E-state index contributed by atoms with van der Waals surface area (Å²) in [4.78, 5) is 44.1.